The van der Waals surface area contributed by atoms with Crippen molar-refractivity contribution >= 4 is 22.5 Å². The number of ether oxygens (including phenoxy) is 1. The highest BCUT2D eigenvalue weighted by Crippen LogP contribution is 2.22. The molecule has 0 bridgehead atoms. The summed E-state index contributed by atoms with van der Waals surface area (Å²) in [7, 11) is 0. The first-order valence-electron chi connectivity index (χ1n) is 9.21. The highest BCUT2D eigenvalue weighted by molar-refractivity contribution is 6.31. The van der Waals surface area contributed by atoms with Crippen LogP contribution >= 0.6 is 11.6 Å². The maximum atomic E-state index is 12.6. The lowest BCUT2D eigenvalue weighted by molar-refractivity contribution is 0.0915. The lowest BCUT2D eigenvalue weighted by atomic mass is 10.1. The molecule has 29 heavy (non-hydrogen) atoms. The average Bonchev–Trinajstić information content (AvgIpc) is 2.76. The fraction of sp³-hybridized carbons (Fsp3) is 0.130. The summed E-state index contributed by atoms with van der Waals surface area (Å²) in [5.41, 5.74) is 2.54. The van der Waals surface area contributed by atoms with Gasteiger partial charge < -0.3 is 9.84 Å². The third kappa shape index (κ3) is 4.47. The van der Waals surface area contributed by atoms with Crippen molar-refractivity contribution in [2.24, 2.45) is 0 Å². The highest BCUT2D eigenvalue weighted by Gasteiger charge is 2.11. The van der Waals surface area contributed by atoms with Crippen molar-refractivity contribution in [3.63, 3.8) is 0 Å². The molecule has 0 saturated heterocycles. The molecule has 1 aromatic heterocycles. The first kappa shape index (κ1) is 19.2. The first-order valence-corrected chi connectivity index (χ1v) is 9.59. The third-order valence-electron chi connectivity index (χ3n) is 4.60. The van der Waals surface area contributed by atoms with E-state index in [4.69, 9.17) is 16.3 Å². The molecule has 6 heteroatoms. The molecule has 146 valence electrons. The van der Waals surface area contributed by atoms with Gasteiger partial charge in [-0.05, 0) is 41.5 Å². The van der Waals surface area contributed by atoms with Gasteiger partial charge >= 0.3 is 0 Å². The van der Waals surface area contributed by atoms with Crippen LogP contribution in [-0.4, -0.2) is 27.4 Å². The van der Waals surface area contributed by atoms with Crippen LogP contribution in [0.2, 0.25) is 5.02 Å². The Balaban J connectivity index is 1.40. The molecule has 1 atom stereocenters. The summed E-state index contributed by atoms with van der Waals surface area (Å²) in [5.74, 6) is 0.652. The van der Waals surface area contributed by atoms with Crippen LogP contribution in [-0.2, 0) is 6.54 Å². The topological polar surface area (TPSA) is 64.4 Å². The van der Waals surface area contributed by atoms with E-state index in [1.165, 1.54) is 10.9 Å². The Hall–Kier alpha value is -3.15. The summed E-state index contributed by atoms with van der Waals surface area (Å²) in [6, 6.07) is 22.7. The standard InChI is InChI=1S/C23H19ClN2O3/c24-18-8-11-22-21(12-18)23(28)26(15-25-22)13-19(27)14-29-20-9-6-17(7-10-20)16-4-2-1-3-5-16/h1-12,15,19,27H,13-14H2. The zero-order valence-corrected chi connectivity index (χ0v) is 16.3. The molecular formula is C23H19ClN2O3. The third-order valence-corrected chi connectivity index (χ3v) is 4.83. The lowest BCUT2D eigenvalue weighted by Gasteiger charge is -2.14. The van der Waals surface area contributed by atoms with Gasteiger partial charge in [-0.1, -0.05) is 54.1 Å². The van der Waals surface area contributed by atoms with Crippen LogP contribution in [0.3, 0.4) is 0 Å². The molecule has 0 saturated carbocycles. The van der Waals surface area contributed by atoms with Gasteiger partial charge in [-0.25, -0.2) is 4.98 Å². The number of hydrogen-bond acceptors (Lipinski definition) is 4. The molecule has 0 fully saturated rings. The smallest absolute Gasteiger partial charge is 0.261 e. The minimum atomic E-state index is -0.861. The number of hydrogen-bond donors (Lipinski definition) is 1. The van der Waals surface area contributed by atoms with Gasteiger partial charge in [-0.2, -0.15) is 0 Å². The molecular weight excluding hydrogens is 388 g/mol. The van der Waals surface area contributed by atoms with Crippen molar-refractivity contribution in [2.75, 3.05) is 6.61 Å². The van der Waals surface area contributed by atoms with Crippen LogP contribution in [0.5, 0.6) is 5.75 Å². The van der Waals surface area contributed by atoms with Gasteiger partial charge in [-0.3, -0.25) is 9.36 Å². The Bertz CT molecular complexity index is 1170. The van der Waals surface area contributed by atoms with Gasteiger partial charge in [0.25, 0.3) is 5.56 Å². The van der Waals surface area contributed by atoms with Gasteiger partial charge in [-0.15, -0.1) is 0 Å². The second-order valence-corrected chi connectivity index (χ2v) is 7.16. The Morgan fingerprint density at radius 1 is 1.00 bits per heavy atom. The van der Waals surface area contributed by atoms with Gasteiger partial charge in [0.2, 0.25) is 0 Å². The Labute approximate surface area is 172 Å². The summed E-state index contributed by atoms with van der Waals surface area (Å²) in [6.07, 6.45) is 0.566. The molecule has 4 aromatic rings. The van der Waals surface area contributed by atoms with Crippen molar-refractivity contribution in [1.82, 2.24) is 9.55 Å². The summed E-state index contributed by atoms with van der Waals surface area (Å²) in [4.78, 5) is 16.8. The minimum Gasteiger partial charge on any atom is -0.491 e. The van der Waals surface area contributed by atoms with Crippen LogP contribution < -0.4 is 10.3 Å². The van der Waals surface area contributed by atoms with Crippen molar-refractivity contribution in [1.29, 1.82) is 0 Å². The number of aromatic nitrogens is 2. The van der Waals surface area contributed by atoms with Gasteiger partial charge in [0.05, 0.1) is 23.8 Å². The number of halogens is 1. The lowest BCUT2D eigenvalue weighted by Crippen LogP contribution is -2.30. The van der Waals surface area contributed by atoms with E-state index in [0.717, 1.165) is 11.1 Å². The van der Waals surface area contributed by atoms with Crippen LogP contribution in [0.1, 0.15) is 0 Å². The Kier molecular flexibility index (Phi) is 5.60. The first-order chi connectivity index (χ1) is 14.1. The molecule has 1 unspecified atom stereocenters. The predicted octanol–water partition coefficient (Wildman–Crippen LogP) is 4.16. The van der Waals surface area contributed by atoms with Crippen molar-refractivity contribution in [3.8, 4) is 16.9 Å². The number of fused-ring (bicyclic) bond motifs is 1. The Morgan fingerprint density at radius 2 is 1.72 bits per heavy atom. The average molecular weight is 407 g/mol. The predicted molar refractivity (Wildman–Crippen MR) is 114 cm³/mol. The van der Waals surface area contributed by atoms with Crippen molar-refractivity contribution < 1.29 is 9.84 Å². The van der Waals surface area contributed by atoms with Gasteiger partial charge in [0.15, 0.2) is 0 Å². The molecule has 0 aliphatic rings. The molecule has 3 aromatic carbocycles. The van der Waals surface area contributed by atoms with Crippen LogP contribution in [0.15, 0.2) is 83.9 Å². The van der Waals surface area contributed by atoms with E-state index in [-0.39, 0.29) is 18.7 Å². The summed E-state index contributed by atoms with van der Waals surface area (Å²) < 4.78 is 7.04. The van der Waals surface area contributed by atoms with E-state index in [1.54, 1.807) is 18.2 Å². The van der Waals surface area contributed by atoms with Crippen molar-refractivity contribution in [3.05, 3.63) is 94.5 Å². The molecule has 1 heterocycles. The normalized spacial score (nSPS) is 12.1. The number of nitrogens with zero attached hydrogens (tertiary/aromatic N) is 2. The largest absolute Gasteiger partial charge is 0.491 e. The second kappa shape index (κ2) is 8.47. The monoisotopic (exact) mass is 406 g/mol. The summed E-state index contributed by atoms with van der Waals surface area (Å²) in [6.45, 7) is 0.140. The highest BCUT2D eigenvalue weighted by atomic mass is 35.5. The fourth-order valence-corrected chi connectivity index (χ4v) is 3.28. The second-order valence-electron chi connectivity index (χ2n) is 6.72. The quantitative estimate of drug-likeness (QED) is 0.522. The fourth-order valence-electron chi connectivity index (χ4n) is 3.11. The maximum Gasteiger partial charge on any atom is 0.261 e. The molecule has 0 radical (unpaired) electrons. The summed E-state index contributed by atoms with van der Waals surface area (Å²) >= 11 is 5.97. The molecule has 0 spiro atoms. The van der Waals surface area contributed by atoms with Crippen LogP contribution in [0.25, 0.3) is 22.0 Å². The molecule has 0 amide bonds. The van der Waals surface area contributed by atoms with E-state index in [9.17, 15) is 9.90 Å². The van der Waals surface area contributed by atoms with E-state index >= 15 is 0 Å². The molecule has 0 aliphatic carbocycles. The van der Waals surface area contributed by atoms with Gasteiger partial charge in [0.1, 0.15) is 18.5 Å². The van der Waals surface area contributed by atoms with Crippen LogP contribution in [0, 0.1) is 0 Å². The van der Waals surface area contributed by atoms with E-state index < -0.39 is 6.10 Å². The molecule has 1 N–H and O–H groups in total. The Morgan fingerprint density at radius 3 is 2.48 bits per heavy atom. The molecule has 4 rings (SSSR count). The number of aliphatic hydroxyl groups is 1. The SMILES string of the molecule is O=c1c2cc(Cl)ccc2ncn1CC(O)COc1ccc(-c2ccccc2)cc1. The zero-order valence-electron chi connectivity index (χ0n) is 15.5. The van der Waals surface area contributed by atoms with Crippen LogP contribution in [0.4, 0.5) is 0 Å². The van der Waals surface area contributed by atoms with E-state index in [0.29, 0.717) is 21.7 Å². The van der Waals surface area contributed by atoms with Crippen molar-refractivity contribution in [2.45, 2.75) is 12.6 Å². The maximum absolute atomic E-state index is 12.6. The number of aliphatic hydroxyl groups excluding tert-OH is 1. The minimum absolute atomic E-state index is 0.0602. The number of rotatable bonds is 6. The van der Waals surface area contributed by atoms with E-state index in [2.05, 4.69) is 4.98 Å². The van der Waals surface area contributed by atoms with Gasteiger partial charge in [0, 0.05) is 5.02 Å². The summed E-state index contributed by atoms with van der Waals surface area (Å²) in [5, 5.41) is 11.2. The van der Waals surface area contributed by atoms with E-state index in [1.807, 2.05) is 54.6 Å². The zero-order chi connectivity index (χ0) is 20.2. The number of benzene rings is 3. The molecule has 0 aliphatic heterocycles. The molecule has 5 nitrogen and oxygen atoms in total.